The third-order valence-electron chi connectivity index (χ3n) is 3.62. The summed E-state index contributed by atoms with van der Waals surface area (Å²) in [6.07, 6.45) is 2.09. The van der Waals surface area contributed by atoms with Gasteiger partial charge in [-0.05, 0) is 26.6 Å². The summed E-state index contributed by atoms with van der Waals surface area (Å²) in [6, 6.07) is 2.42. The molecule has 0 aromatic carbocycles. The summed E-state index contributed by atoms with van der Waals surface area (Å²) in [4.78, 5) is 2.48. The second-order valence-electron chi connectivity index (χ2n) is 4.61. The Kier molecular flexibility index (Phi) is 4.74. The lowest BCUT2D eigenvalue weighted by atomic mass is 10.0. The molecule has 5 nitrogen and oxygen atoms in total. The molecule has 0 saturated carbocycles. The monoisotopic (exact) mass is 252 g/mol. The van der Waals surface area contributed by atoms with Crippen molar-refractivity contribution >= 4 is 0 Å². The molecule has 1 saturated heterocycles. The molecule has 1 aliphatic rings. The lowest BCUT2D eigenvalue weighted by molar-refractivity contribution is -0.0712. The largest absolute Gasteiger partial charge is 0.374 e. The lowest BCUT2D eigenvalue weighted by Gasteiger charge is -2.40. The van der Waals surface area contributed by atoms with Gasteiger partial charge in [0, 0.05) is 25.8 Å². The zero-order valence-corrected chi connectivity index (χ0v) is 11.6. The zero-order valence-electron chi connectivity index (χ0n) is 11.6. The van der Waals surface area contributed by atoms with Crippen LogP contribution in [0.5, 0.6) is 0 Å². The molecule has 0 aliphatic carbocycles. The molecule has 0 amide bonds. The van der Waals surface area contributed by atoms with Crippen LogP contribution >= 0.6 is 0 Å². The number of aryl methyl sites for hydroxylation is 1. The third kappa shape index (κ3) is 2.58. The zero-order chi connectivity index (χ0) is 13.0. The Balaban J connectivity index is 2.27. The van der Waals surface area contributed by atoms with Gasteiger partial charge in [0.15, 0.2) is 0 Å². The average Bonchev–Trinajstić information content (AvgIpc) is 2.86. The van der Waals surface area contributed by atoms with E-state index >= 15 is 0 Å². The first-order valence-corrected chi connectivity index (χ1v) is 6.83. The second kappa shape index (κ2) is 6.31. The highest BCUT2D eigenvalue weighted by Crippen LogP contribution is 2.28. The smallest absolute Gasteiger partial charge is 0.0911 e. The summed E-state index contributed by atoms with van der Waals surface area (Å²) >= 11 is 0. The summed E-state index contributed by atoms with van der Waals surface area (Å²) in [5.41, 5.74) is 1.26. The van der Waals surface area contributed by atoms with E-state index in [1.165, 1.54) is 5.69 Å². The van der Waals surface area contributed by atoms with E-state index in [2.05, 4.69) is 39.9 Å². The molecule has 2 rings (SSSR count). The topological polar surface area (TPSA) is 42.3 Å². The Hall–Kier alpha value is -0.910. The molecule has 1 aromatic rings. The molecule has 1 N–H and O–H groups in total. The van der Waals surface area contributed by atoms with Crippen molar-refractivity contribution in [3.63, 3.8) is 0 Å². The van der Waals surface area contributed by atoms with Gasteiger partial charge in [0.1, 0.15) is 0 Å². The van der Waals surface area contributed by atoms with Crippen LogP contribution in [0.25, 0.3) is 0 Å². The van der Waals surface area contributed by atoms with Gasteiger partial charge >= 0.3 is 0 Å². The van der Waals surface area contributed by atoms with E-state index in [4.69, 9.17) is 4.74 Å². The van der Waals surface area contributed by atoms with E-state index in [0.29, 0.717) is 6.04 Å². The second-order valence-corrected chi connectivity index (χ2v) is 4.61. The van der Waals surface area contributed by atoms with Crippen molar-refractivity contribution in [2.24, 2.45) is 0 Å². The molecular formula is C13H24N4O. The SMILES string of the molecule is CCN1CCOC(CNC)C1c1ccnn1CC. The number of aromatic nitrogens is 2. The number of ether oxygens (including phenoxy) is 1. The van der Waals surface area contributed by atoms with Crippen LogP contribution in [0, 0.1) is 0 Å². The Morgan fingerprint density at radius 1 is 1.44 bits per heavy atom. The van der Waals surface area contributed by atoms with Crippen LogP contribution in [0.4, 0.5) is 0 Å². The molecule has 5 heteroatoms. The maximum absolute atomic E-state index is 5.94. The van der Waals surface area contributed by atoms with Gasteiger partial charge in [-0.3, -0.25) is 9.58 Å². The van der Waals surface area contributed by atoms with Crippen molar-refractivity contribution in [1.82, 2.24) is 20.0 Å². The number of rotatable bonds is 5. The molecule has 102 valence electrons. The molecule has 1 aromatic heterocycles. The first-order chi connectivity index (χ1) is 8.81. The molecule has 2 heterocycles. The number of likely N-dealkylation sites (N-methyl/N-ethyl adjacent to an activating group) is 2. The Bertz CT molecular complexity index is 364. The Morgan fingerprint density at radius 2 is 2.28 bits per heavy atom. The van der Waals surface area contributed by atoms with E-state index < -0.39 is 0 Å². The van der Waals surface area contributed by atoms with Crippen LogP contribution in [0.1, 0.15) is 25.6 Å². The van der Waals surface area contributed by atoms with Crippen molar-refractivity contribution in [3.8, 4) is 0 Å². The normalized spacial score (nSPS) is 25.5. The molecule has 2 atom stereocenters. The standard InChI is InChI=1S/C13H24N4O/c1-4-16-8-9-18-12(10-14-3)13(16)11-6-7-15-17(11)5-2/h6-7,12-14H,4-5,8-10H2,1-3H3. The minimum absolute atomic E-state index is 0.200. The molecule has 0 spiro atoms. The van der Waals surface area contributed by atoms with Gasteiger partial charge in [-0.2, -0.15) is 5.10 Å². The molecule has 0 radical (unpaired) electrons. The predicted octanol–water partition coefficient (Wildman–Crippen LogP) is 0.884. The third-order valence-corrected chi connectivity index (χ3v) is 3.62. The van der Waals surface area contributed by atoms with Gasteiger partial charge in [-0.1, -0.05) is 6.92 Å². The summed E-state index contributed by atoms with van der Waals surface area (Å²) in [7, 11) is 1.97. The average molecular weight is 252 g/mol. The van der Waals surface area contributed by atoms with Crippen LogP contribution in [-0.2, 0) is 11.3 Å². The first-order valence-electron chi connectivity index (χ1n) is 6.83. The minimum atomic E-state index is 0.200. The highest BCUT2D eigenvalue weighted by molar-refractivity contribution is 5.11. The fourth-order valence-corrected chi connectivity index (χ4v) is 2.75. The first kappa shape index (κ1) is 13.5. The van der Waals surface area contributed by atoms with Gasteiger partial charge in [-0.15, -0.1) is 0 Å². The number of hydrogen-bond donors (Lipinski definition) is 1. The predicted molar refractivity (Wildman–Crippen MR) is 71.6 cm³/mol. The molecular weight excluding hydrogens is 228 g/mol. The molecule has 2 unspecified atom stereocenters. The van der Waals surface area contributed by atoms with Crippen molar-refractivity contribution in [1.29, 1.82) is 0 Å². The summed E-state index contributed by atoms with van der Waals surface area (Å²) in [5.74, 6) is 0. The van der Waals surface area contributed by atoms with Crippen LogP contribution < -0.4 is 5.32 Å². The number of nitrogens with zero attached hydrogens (tertiary/aromatic N) is 3. The maximum Gasteiger partial charge on any atom is 0.0911 e. The van der Waals surface area contributed by atoms with E-state index in [1.807, 2.05) is 13.2 Å². The molecule has 1 fully saturated rings. The highest BCUT2D eigenvalue weighted by atomic mass is 16.5. The summed E-state index contributed by atoms with van der Waals surface area (Å²) in [6.45, 7) is 8.97. The maximum atomic E-state index is 5.94. The fraction of sp³-hybridized carbons (Fsp3) is 0.769. The minimum Gasteiger partial charge on any atom is -0.374 e. The fourth-order valence-electron chi connectivity index (χ4n) is 2.75. The summed E-state index contributed by atoms with van der Waals surface area (Å²) < 4.78 is 8.02. The van der Waals surface area contributed by atoms with Crippen molar-refractivity contribution in [2.45, 2.75) is 32.5 Å². The highest BCUT2D eigenvalue weighted by Gasteiger charge is 2.34. The van der Waals surface area contributed by atoms with Crippen LogP contribution in [-0.4, -0.2) is 54.1 Å². The van der Waals surface area contributed by atoms with Crippen LogP contribution in [0.2, 0.25) is 0 Å². The lowest BCUT2D eigenvalue weighted by Crippen LogP contribution is -2.49. The van der Waals surface area contributed by atoms with Crippen LogP contribution in [0.15, 0.2) is 12.3 Å². The van der Waals surface area contributed by atoms with Gasteiger partial charge < -0.3 is 10.1 Å². The van der Waals surface area contributed by atoms with E-state index in [0.717, 1.165) is 32.8 Å². The Labute approximate surface area is 109 Å². The van der Waals surface area contributed by atoms with Gasteiger partial charge in [0.05, 0.1) is 24.4 Å². The van der Waals surface area contributed by atoms with Crippen molar-refractivity contribution in [2.75, 3.05) is 33.3 Å². The molecule has 18 heavy (non-hydrogen) atoms. The number of hydrogen-bond acceptors (Lipinski definition) is 4. The molecule has 0 bridgehead atoms. The molecule has 1 aliphatic heterocycles. The van der Waals surface area contributed by atoms with Crippen LogP contribution in [0.3, 0.4) is 0 Å². The number of nitrogens with one attached hydrogen (secondary N) is 1. The van der Waals surface area contributed by atoms with E-state index in [-0.39, 0.29) is 6.10 Å². The van der Waals surface area contributed by atoms with E-state index in [1.54, 1.807) is 0 Å². The Morgan fingerprint density at radius 3 is 2.94 bits per heavy atom. The summed E-state index contributed by atoms with van der Waals surface area (Å²) in [5, 5.41) is 7.62. The number of morpholine rings is 1. The van der Waals surface area contributed by atoms with Crippen molar-refractivity contribution in [3.05, 3.63) is 18.0 Å². The van der Waals surface area contributed by atoms with E-state index in [9.17, 15) is 0 Å². The van der Waals surface area contributed by atoms with Gasteiger partial charge in [-0.25, -0.2) is 0 Å². The van der Waals surface area contributed by atoms with Crippen molar-refractivity contribution < 1.29 is 4.74 Å². The quantitative estimate of drug-likeness (QED) is 0.845. The van der Waals surface area contributed by atoms with Gasteiger partial charge in [0.2, 0.25) is 0 Å². The van der Waals surface area contributed by atoms with Gasteiger partial charge in [0.25, 0.3) is 0 Å².